The highest BCUT2D eigenvalue weighted by molar-refractivity contribution is 5.75. The van der Waals surface area contributed by atoms with Crippen LogP contribution in [0.25, 0.3) is 0 Å². The topological polar surface area (TPSA) is 52.3 Å². The maximum Gasteiger partial charge on any atom is 0.310 e. The van der Waals surface area contributed by atoms with Crippen LogP contribution in [0, 0.1) is 12.8 Å². The summed E-state index contributed by atoms with van der Waals surface area (Å²) >= 11 is 0. The number of hydrogen-bond donors (Lipinski definition) is 1. The van der Waals surface area contributed by atoms with Crippen molar-refractivity contribution >= 4 is 5.97 Å². The molecule has 2 rings (SSSR count). The molecule has 3 nitrogen and oxygen atoms in total. The molecule has 1 aliphatic carbocycles. The average molecular weight is 205 g/mol. The Hall–Kier alpha value is -1.35. The first kappa shape index (κ1) is 10.2. The fourth-order valence-corrected chi connectivity index (χ4v) is 2.20. The summed E-state index contributed by atoms with van der Waals surface area (Å²) in [6.07, 6.45) is 0.699. The van der Waals surface area contributed by atoms with Gasteiger partial charge in [0.1, 0.15) is 0 Å². The van der Waals surface area contributed by atoms with Gasteiger partial charge in [-0.05, 0) is 24.5 Å². The van der Waals surface area contributed by atoms with Gasteiger partial charge < -0.3 is 10.5 Å². The number of ether oxygens (including phenoxy) is 1. The quantitative estimate of drug-likeness (QED) is 0.704. The van der Waals surface area contributed by atoms with Crippen molar-refractivity contribution in [2.75, 3.05) is 7.11 Å². The highest BCUT2D eigenvalue weighted by Crippen LogP contribution is 2.35. The van der Waals surface area contributed by atoms with E-state index in [0.29, 0.717) is 6.42 Å². The lowest BCUT2D eigenvalue weighted by Crippen LogP contribution is -2.25. The van der Waals surface area contributed by atoms with E-state index >= 15 is 0 Å². The second-order valence-corrected chi connectivity index (χ2v) is 4.06. The summed E-state index contributed by atoms with van der Waals surface area (Å²) in [5.74, 6) is -0.428. The molecule has 15 heavy (non-hydrogen) atoms. The van der Waals surface area contributed by atoms with Gasteiger partial charge in [-0.15, -0.1) is 0 Å². The van der Waals surface area contributed by atoms with Crippen LogP contribution >= 0.6 is 0 Å². The van der Waals surface area contributed by atoms with Gasteiger partial charge in [0, 0.05) is 6.04 Å². The molecule has 1 aromatic carbocycles. The molecule has 0 amide bonds. The molecule has 0 saturated carbocycles. The number of carbonyl (C=O) groups excluding carboxylic acids is 1. The molecule has 80 valence electrons. The van der Waals surface area contributed by atoms with Crippen molar-refractivity contribution in [3.8, 4) is 0 Å². The van der Waals surface area contributed by atoms with Crippen LogP contribution in [-0.4, -0.2) is 13.1 Å². The molecule has 0 unspecified atom stereocenters. The Kier molecular flexibility index (Phi) is 2.49. The van der Waals surface area contributed by atoms with E-state index in [1.54, 1.807) is 0 Å². The summed E-state index contributed by atoms with van der Waals surface area (Å²) < 4.78 is 4.75. The maximum absolute atomic E-state index is 11.5. The van der Waals surface area contributed by atoms with Crippen LogP contribution in [0.1, 0.15) is 22.7 Å². The second kappa shape index (κ2) is 3.66. The van der Waals surface area contributed by atoms with E-state index in [-0.39, 0.29) is 17.9 Å². The van der Waals surface area contributed by atoms with Gasteiger partial charge in [0.25, 0.3) is 0 Å². The van der Waals surface area contributed by atoms with Gasteiger partial charge in [-0.25, -0.2) is 0 Å². The molecule has 0 bridgehead atoms. The Balaban J connectivity index is 2.32. The van der Waals surface area contributed by atoms with Gasteiger partial charge in [-0.2, -0.15) is 0 Å². The zero-order valence-corrected chi connectivity index (χ0v) is 8.99. The van der Waals surface area contributed by atoms with Crippen molar-refractivity contribution in [1.29, 1.82) is 0 Å². The van der Waals surface area contributed by atoms with E-state index in [9.17, 15) is 4.79 Å². The van der Waals surface area contributed by atoms with Crippen molar-refractivity contribution in [2.45, 2.75) is 19.4 Å². The van der Waals surface area contributed by atoms with E-state index in [1.165, 1.54) is 18.2 Å². The minimum atomic E-state index is -0.216. The molecule has 2 atom stereocenters. The summed E-state index contributed by atoms with van der Waals surface area (Å²) in [5, 5.41) is 0. The molecule has 0 fully saturated rings. The molecule has 0 radical (unpaired) electrons. The molecule has 3 heteroatoms. The molecule has 0 saturated heterocycles. The van der Waals surface area contributed by atoms with E-state index in [0.717, 1.165) is 5.56 Å². The van der Waals surface area contributed by atoms with Crippen LogP contribution in [0.2, 0.25) is 0 Å². The third kappa shape index (κ3) is 1.63. The monoisotopic (exact) mass is 205 g/mol. The Bertz CT molecular complexity index is 401. The number of methoxy groups -OCH3 is 1. The average Bonchev–Trinajstić information content (AvgIpc) is 2.54. The first-order valence-corrected chi connectivity index (χ1v) is 5.06. The van der Waals surface area contributed by atoms with E-state index < -0.39 is 0 Å². The highest BCUT2D eigenvalue weighted by atomic mass is 16.5. The van der Waals surface area contributed by atoms with Crippen molar-refractivity contribution in [1.82, 2.24) is 0 Å². The van der Waals surface area contributed by atoms with Crippen LogP contribution in [0.15, 0.2) is 18.2 Å². The first-order chi connectivity index (χ1) is 7.13. The van der Waals surface area contributed by atoms with Gasteiger partial charge >= 0.3 is 5.97 Å². The van der Waals surface area contributed by atoms with Gasteiger partial charge in [0.05, 0.1) is 13.0 Å². The predicted octanol–water partition coefficient (Wildman–Crippen LogP) is 1.34. The number of nitrogens with two attached hydrogens (primary N) is 1. The predicted molar refractivity (Wildman–Crippen MR) is 57.3 cm³/mol. The van der Waals surface area contributed by atoms with Crippen molar-refractivity contribution in [3.63, 3.8) is 0 Å². The van der Waals surface area contributed by atoms with Crippen LogP contribution in [0.3, 0.4) is 0 Å². The van der Waals surface area contributed by atoms with Gasteiger partial charge in [0.15, 0.2) is 0 Å². The number of aryl methyl sites for hydroxylation is 1. The number of fused-ring (bicyclic) bond motifs is 1. The molecule has 0 spiro atoms. The molecule has 2 N–H and O–H groups in total. The zero-order valence-electron chi connectivity index (χ0n) is 8.99. The van der Waals surface area contributed by atoms with E-state index in [1.807, 2.05) is 19.1 Å². The Labute approximate surface area is 89.2 Å². The van der Waals surface area contributed by atoms with Crippen LogP contribution < -0.4 is 5.73 Å². The Morgan fingerprint density at radius 2 is 2.27 bits per heavy atom. The van der Waals surface area contributed by atoms with Gasteiger partial charge in [-0.3, -0.25) is 4.79 Å². The van der Waals surface area contributed by atoms with E-state index in [2.05, 4.69) is 6.07 Å². The summed E-state index contributed by atoms with van der Waals surface area (Å²) in [5.41, 5.74) is 9.47. The second-order valence-electron chi connectivity index (χ2n) is 4.06. The standard InChI is InChI=1S/C12H15NO2/c1-7-3-4-9-8(5-7)6-10(11(9)13)12(14)15-2/h3-5,10-11H,6,13H2,1-2H3/t10-,11-/m1/s1. The van der Waals surface area contributed by atoms with Gasteiger partial charge in [-0.1, -0.05) is 23.8 Å². The van der Waals surface area contributed by atoms with Crippen molar-refractivity contribution in [3.05, 3.63) is 34.9 Å². The molecular formula is C12H15NO2. The third-order valence-corrected chi connectivity index (χ3v) is 3.03. The fourth-order valence-electron chi connectivity index (χ4n) is 2.20. The van der Waals surface area contributed by atoms with Crippen LogP contribution in [-0.2, 0) is 16.0 Å². The summed E-state index contributed by atoms with van der Waals surface area (Å²) in [7, 11) is 1.41. The summed E-state index contributed by atoms with van der Waals surface area (Å²) in [4.78, 5) is 11.5. The van der Waals surface area contributed by atoms with Crippen molar-refractivity contribution in [2.24, 2.45) is 11.7 Å². The Morgan fingerprint density at radius 3 is 2.93 bits per heavy atom. The minimum absolute atomic E-state index is 0.212. The van der Waals surface area contributed by atoms with Crippen LogP contribution in [0.4, 0.5) is 0 Å². The highest BCUT2D eigenvalue weighted by Gasteiger charge is 2.35. The lowest BCUT2D eigenvalue weighted by molar-refractivity contribution is -0.145. The number of hydrogen-bond acceptors (Lipinski definition) is 3. The maximum atomic E-state index is 11.5. The lowest BCUT2D eigenvalue weighted by atomic mass is 10.0. The molecule has 0 heterocycles. The van der Waals surface area contributed by atoms with Gasteiger partial charge in [0.2, 0.25) is 0 Å². The Morgan fingerprint density at radius 1 is 1.53 bits per heavy atom. The normalized spacial score (nSPS) is 23.7. The number of esters is 1. The number of carbonyl (C=O) groups is 1. The molecule has 0 aliphatic heterocycles. The zero-order chi connectivity index (χ0) is 11.0. The molecule has 1 aromatic rings. The summed E-state index contributed by atoms with van der Waals surface area (Å²) in [6.45, 7) is 2.04. The summed E-state index contributed by atoms with van der Waals surface area (Å²) in [6, 6.07) is 5.92. The number of benzene rings is 1. The first-order valence-electron chi connectivity index (χ1n) is 5.06. The number of rotatable bonds is 1. The van der Waals surface area contributed by atoms with E-state index in [4.69, 9.17) is 10.5 Å². The SMILES string of the molecule is COC(=O)[C@@H]1Cc2cc(C)ccc2[C@H]1N. The molecule has 0 aromatic heterocycles. The smallest absolute Gasteiger partial charge is 0.310 e. The third-order valence-electron chi connectivity index (χ3n) is 3.03. The molecular weight excluding hydrogens is 190 g/mol. The largest absolute Gasteiger partial charge is 0.469 e. The van der Waals surface area contributed by atoms with Crippen LogP contribution in [0.5, 0.6) is 0 Å². The fraction of sp³-hybridized carbons (Fsp3) is 0.417. The molecule has 1 aliphatic rings. The lowest BCUT2D eigenvalue weighted by Gasteiger charge is -2.12. The minimum Gasteiger partial charge on any atom is -0.469 e. The van der Waals surface area contributed by atoms with Crippen molar-refractivity contribution < 1.29 is 9.53 Å².